The first kappa shape index (κ1) is 21.7. The van der Waals surface area contributed by atoms with E-state index in [4.69, 9.17) is 16.2 Å². The molecule has 1 aromatic carbocycles. The first-order chi connectivity index (χ1) is 9.54. The topological polar surface area (TPSA) is 139 Å². The molecule has 2 N–H and O–H groups in total. The second-order valence-corrected chi connectivity index (χ2v) is 5.74. The number of carbonyl (C=O) groups excluding carboxylic acids is 1. The van der Waals surface area contributed by atoms with Crippen molar-refractivity contribution in [3.05, 3.63) is 28.6 Å². The first-order valence-corrected chi connectivity index (χ1v) is 7.16. The molecule has 0 bridgehead atoms. The van der Waals surface area contributed by atoms with Crippen molar-refractivity contribution in [2.24, 2.45) is 10.2 Å². The number of allylic oxidation sites excluding steroid dienone is 2. The molecule has 0 aliphatic heterocycles. The van der Waals surface area contributed by atoms with E-state index in [0.29, 0.717) is 0 Å². The van der Waals surface area contributed by atoms with Crippen LogP contribution in [-0.4, -0.2) is 23.9 Å². The van der Waals surface area contributed by atoms with Gasteiger partial charge in [0.05, 0.1) is 10.6 Å². The molecule has 1 aromatic rings. The van der Waals surface area contributed by atoms with Crippen LogP contribution in [0.4, 0.5) is 5.69 Å². The summed E-state index contributed by atoms with van der Waals surface area (Å²) in [6.45, 7) is 2.31. The summed E-state index contributed by atoms with van der Waals surface area (Å²) in [6.07, 6.45) is 0. The predicted octanol–water partition coefficient (Wildman–Crippen LogP) is -0.873. The van der Waals surface area contributed by atoms with Crippen molar-refractivity contribution in [1.82, 2.24) is 0 Å². The average Bonchev–Trinajstić information content (AvgIpc) is 2.30. The second kappa shape index (κ2) is 8.50. The van der Waals surface area contributed by atoms with Crippen molar-refractivity contribution in [3.8, 4) is 5.75 Å². The Hall–Kier alpha value is -0.334. The van der Waals surface area contributed by atoms with Crippen LogP contribution < -0.4 is 56.5 Å². The molecule has 0 unspecified atom stereocenters. The maximum atomic E-state index is 11.8. The number of halogens is 1. The summed E-state index contributed by atoms with van der Waals surface area (Å²) in [5, 5.41) is 27.6. The van der Waals surface area contributed by atoms with E-state index in [1.807, 2.05) is 0 Å². The van der Waals surface area contributed by atoms with Gasteiger partial charge < -0.3 is 10.2 Å². The van der Waals surface area contributed by atoms with Gasteiger partial charge in [0.15, 0.2) is 11.5 Å². The summed E-state index contributed by atoms with van der Waals surface area (Å²) >= 11 is 5.62. The fraction of sp³-hybridized carbons (Fsp3) is 0.182. The molecule has 11 heteroatoms. The van der Waals surface area contributed by atoms with E-state index in [2.05, 4.69) is 10.2 Å². The van der Waals surface area contributed by atoms with Crippen molar-refractivity contribution in [1.29, 1.82) is 0 Å². The van der Waals surface area contributed by atoms with E-state index >= 15 is 0 Å². The van der Waals surface area contributed by atoms with Crippen LogP contribution in [0.1, 0.15) is 13.8 Å². The number of rotatable bonds is 4. The van der Waals surface area contributed by atoms with Gasteiger partial charge in [-0.2, -0.15) is 13.5 Å². The van der Waals surface area contributed by atoms with Gasteiger partial charge in [-0.05, 0) is 19.1 Å². The molecule has 22 heavy (non-hydrogen) atoms. The van der Waals surface area contributed by atoms with Gasteiger partial charge in [-0.3, -0.25) is 9.35 Å². The Kier molecular flexibility index (Phi) is 8.37. The minimum atomic E-state index is -4.78. The third-order valence-corrected chi connectivity index (χ3v) is 3.29. The van der Waals surface area contributed by atoms with Gasteiger partial charge in [0.1, 0.15) is 5.76 Å². The second-order valence-electron chi connectivity index (χ2n) is 3.92. The molecule has 1 rings (SSSR count). The third-order valence-electron chi connectivity index (χ3n) is 2.21. The van der Waals surface area contributed by atoms with Crippen LogP contribution in [0.25, 0.3) is 0 Å². The smallest absolute Gasteiger partial charge is 0.870 e. The predicted molar refractivity (Wildman–Crippen MR) is 71.2 cm³/mol. The van der Waals surface area contributed by atoms with Crippen molar-refractivity contribution in [3.63, 3.8) is 0 Å². The molecule has 0 aliphatic rings. The van der Waals surface area contributed by atoms with E-state index in [1.54, 1.807) is 0 Å². The summed E-state index contributed by atoms with van der Waals surface area (Å²) in [5.74, 6) is -2.16. The Balaban J connectivity index is 0.00000441. The van der Waals surface area contributed by atoms with Gasteiger partial charge in [-0.25, -0.2) is 0 Å². The summed E-state index contributed by atoms with van der Waals surface area (Å²) in [7, 11) is -4.78. The van der Waals surface area contributed by atoms with Crippen LogP contribution in [-0.2, 0) is 14.9 Å². The molecule has 0 radical (unpaired) electrons. The molecule has 0 spiro atoms. The molecule has 0 atom stereocenters. The Morgan fingerprint density at radius 2 is 1.86 bits per heavy atom. The fourth-order valence-corrected chi connectivity index (χ4v) is 2.21. The number of nitrogens with zero attached hydrogens (tertiary/aromatic N) is 2. The monoisotopic (exact) mass is 372 g/mol. The molecule has 0 fully saturated rings. The SMILES string of the molecule is CC(=O)C(N=Nc1cc(Cl)cc(S(=O)(=O)O)c1[O-])=C(C)O.[K+]. The van der Waals surface area contributed by atoms with Crippen LogP contribution in [0.5, 0.6) is 5.75 Å². The summed E-state index contributed by atoms with van der Waals surface area (Å²) < 4.78 is 31.0. The molecule has 0 aliphatic carbocycles. The quantitative estimate of drug-likeness (QED) is 0.231. The Morgan fingerprint density at radius 3 is 2.27 bits per heavy atom. The van der Waals surface area contributed by atoms with E-state index in [1.165, 1.54) is 6.92 Å². The number of hydrogen-bond donors (Lipinski definition) is 2. The Bertz CT molecular complexity index is 756. The van der Waals surface area contributed by atoms with E-state index in [-0.39, 0.29) is 56.4 Å². The van der Waals surface area contributed by atoms with Gasteiger partial charge in [0, 0.05) is 11.9 Å². The van der Waals surface area contributed by atoms with Gasteiger partial charge >= 0.3 is 51.4 Å². The maximum Gasteiger partial charge on any atom is 1.00 e. The summed E-state index contributed by atoms with van der Waals surface area (Å²) in [4.78, 5) is 10.2. The standard InChI is InChI=1S/C11H11ClN2O6S.K/c1-5(15)10(6(2)16)14-13-8-3-7(12)4-9(11(8)17)21(18,19)20;/h3-4,15,17H,1-2H3,(H,18,19,20);/q;+1/p-1. The number of hydrogen-bond acceptors (Lipinski definition) is 7. The van der Waals surface area contributed by atoms with Crippen LogP contribution in [0, 0.1) is 0 Å². The number of azo groups is 1. The average molecular weight is 373 g/mol. The minimum absolute atomic E-state index is 0. The molecule has 114 valence electrons. The van der Waals surface area contributed by atoms with Gasteiger partial charge in [0.25, 0.3) is 10.1 Å². The van der Waals surface area contributed by atoms with Crippen molar-refractivity contribution >= 4 is 33.2 Å². The van der Waals surface area contributed by atoms with Crippen molar-refractivity contribution in [2.75, 3.05) is 0 Å². The van der Waals surface area contributed by atoms with Crippen LogP contribution in [0.3, 0.4) is 0 Å². The zero-order chi connectivity index (χ0) is 16.4. The van der Waals surface area contributed by atoms with Crippen molar-refractivity contribution in [2.45, 2.75) is 18.7 Å². The minimum Gasteiger partial charge on any atom is -0.870 e. The molecule has 0 saturated heterocycles. The number of aliphatic hydroxyl groups excluding tert-OH is 1. The number of ketones is 1. The van der Waals surface area contributed by atoms with Crippen LogP contribution in [0.15, 0.2) is 38.7 Å². The van der Waals surface area contributed by atoms with E-state index in [9.17, 15) is 23.4 Å². The van der Waals surface area contributed by atoms with Gasteiger partial charge in [0.2, 0.25) is 0 Å². The summed E-state index contributed by atoms with van der Waals surface area (Å²) in [6, 6.07) is 1.77. The Morgan fingerprint density at radius 1 is 1.32 bits per heavy atom. The largest absolute Gasteiger partial charge is 1.00 e. The number of aliphatic hydroxyl groups is 1. The van der Waals surface area contributed by atoms with Crippen LogP contribution >= 0.6 is 11.6 Å². The maximum absolute atomic E-state index is 11.8. The molecule has 0 heterocycles. The molecule has 0 aromatic heterocycles. The first-order valence-electron chi connectivity index (χ1n) is 5.34. The van der Waals surface area contributed by atoms with Crippen molar-refractivity contribution < 1.29 is 79.4 Å². The van der Waals surface area contributed by atoms with E-state index < -0.39 is 43.7 Å². The summed E-state index contributed by atoms with van der Waals surface area (Å²) in [5.41, 5.74) is -0.905. The molecule has 0 amide bonds. The van der Waals surface area contributed by atoms with Gasteiger partial charge in [-0.1, -0.05) is 17.4 Å². The normalized spacial score (nSPS) is 12.7. The zero-order valence-electron chi connectivity index (χ0n) is 11.9. The van der Waals surface area contributed by atoms with Crippen LogP contribution in [0.2, 0.25) is 5.02 Å². The fourth-order valence-electron chi connectivity index (χ4n) is 1.32. The van der Waals surface area contributed by atoms with E-state index in [0.717, 1.165) is 19.1 Å². The number of Topliss-reactive ketones (excluding diaryl/α,β-unsaturated/α-hetero) is 1. The zero-order valence-corrected chi connectivity index (χ0v) is 16.6. The van der Waals surface area contributed by atoms with Gasteiger partial charge in [-0.15, -0.1) is 5.11 Å². The molecular weight excluding hydrogens is 363 g/mol. The molecular formula is C11H10ClKN2O6S. The molecule has 0 saturated carbocycles. The number of carbonyl (C=O) groups is 1. The Labute approximate surface area is 174 Å². The third kappa shape index (κ3) is 5.70. The molecule has 8 nitrogen and oxygen atoms in total. The number of benzene rings is 1.